The highest BCUT2D eigenvalue weighted by Gasteiger charge is 2.25. The van der Waals surface area contributed by atoms with Gasteiger partial charge in [-0.15, -0.1) is 0 Å². The second-order valence-corrected chi connectivity index (χ2v) is 7.49. The third kappa shape index (κ3) is 4.72. The summed E-state index contributed by atoms with van der Waals surface area (Å²) in [5, 5.41) is 8.88. The van der Waals surface area contributed by atoms with E-state index < -0.39 is 0 Å². The van der Waals surface area contributed by atoms with Gasteiger partial charge in [-0.1, -0.05) is 47.6 Å². The quantitative estimate of drug-likeness (QED) is 0.840. The Morgan fingerprint density at radius 1 is 1.00 bits per heavy atom. The van der Waals surface area contributed by atoms with E-state index in [-0.39, 0.29) is 17.4 Å². The molecule has 0 aliphatic rings. The topological polar surface area (TPSA) is 38.7 Å². The first-order valence-corrected chi connectivity index (χ1v) is 7.51. The zero-order valence-corrected chi connectivity index (χ0v) is 14.5. The summed E-state index contributed by atoms with van der Waals surface area (Å²) >= 11 is 0. The van der Waals surface area contributed by atoms with E-state index in [0.29, 0.717) is 13.2 Å². The van der Waals surface area contributed by atoms with Gasteiger partial charge in [-0.05, 0) is 22.5 Å². The van der Waals surface area contributed by atoms with Gasteiger partial charge < -0.3 is 14.6 Å². The van der Waals surface area contributed by atoms with Gasteiger partial charge in [-0.3, -0.25) is 0 Å². The van der Waals surface area contributed by atoms with Crippen LogP contribution in [0.3, 0.4) is 0 Å². The average Bonchev–Trinajstić information content (AvgIpc) is 2.35. The highest BCUT2D eigenvalue weighted by molar-refractivity contribution is 5.49. The van der Waals surface area contributed by atoms with Crippen LogP contribution in [0.25, 0.3) is 0 Å². The van der Waals surface area contributed by atoms with Gasteiger partial charge in [0.05, 0.1) is 26.9 Å². The molecule has 1 N–H and O–H groups in total. The van der Waals surface area contributed by atoms with Crippen molar-refractivity contribution in [2.45, 2.75) is 59.0 Å². The van der Waals surface area contributed by atoms with E-state index in [9.17, 15) is 0 Å². The number of aliphatic hydroxyl groups excluding tert-OH is 1. The Labute approximate surface area is 129 Å². The van der Waals surface area contributed by atoms with E-state index in [4.69, 9.17) is 14.6 Å². The molecule has 0 aliphatic heterocycles. The molecule has 1 rings (SSSR count). The van der Waals surface area contributed by atoms with Crippen LogP contribution in [-0.2, 0) is 22.2 Å². The zero-order valence-electron chi connectivity index (χ0n) is 14.5. The maximum absolute atomic E-state index is 8.88. The Morgan fingerprint density at radius 2 is 1.62 bits per heavy atom. The molecule has 0 fully saturated rings. The van der Waals surface area contributed by atoms with Gasteiger partial charge >= 0.3 is 0 Å². The number of hydrogen-bond donors (Lipinski definition) is 1. The Kier molecular flexibility index (Phi) is 5.83. The molecule has 0 aromatic heterocycles. The summed E-state index contributed by atoms with van der Waals surface area (Å²) in [6.07, 6.45) is 0. The van der Waals surface area contributed by atoms with Crippen LogP contribution in [0.1, 0.15) is 58.2 Å². The molecule has 0 bridgehead atoms. The van der Waals surface area contributed by atoms with Gasteiger partial charge in [0, 0.05) is 11.1 Å². The zero-order chi connectivity index (χ0) is 16.3. The minimum atomic E-state index is -0.00165. The van der Waals surface area contributed by atoms with Gasteiger partial charge in [0.25, 0.3) is 0 Å². The second-order valence-electron chi connectivity index (χ2n) is 7.49. The molecule has 0 aliphatic carbocycles. The third-order valence-electron chi connectivity index (χ3n) is 3.54. The monoisotopic (exact) mass is 294 g/mol. The lowest BCUT2D eigenvalue weighted by Crippen LogP contribution is -2.19. The van der Waals surface area contributed by atoms with E-state index in [0.717, 1.165) is 11.3 Å². The van der Waals surface area contributed by atoms with E-state index >= 15 is 0 Å². The third-order valence-corrected chi connectivity index (χ3v) is 3.54. The van der Waals surface area contributed by atoms with Crippen LogP contribution >= 0.6 is 0 Å². The lowest BCUT2D eigenvalue weighted by Gasteiger charge is -2.28. The van der Waals surface area contributed by atoms with Crippen molar-refractivity contribution >= 4 is 0 Å². The molecule has 3 nitrogen and oxygen atoms in total. The highest BCUT2D eigenvalue weighted by atomic mass is 16.5. The number of benzene rings is 1. The van der Waals surface area contributed by atoms with Gasteiger partial charge in [-0.2, -0.15) is 0 Å². The smallest absolute Gasteiger partial charge is 0.128 e. The Hall–Kier alpha value is -1.06. The van der Waals surface area contributed by atoms with Crippen molar-refractivity contribution in [2.24, 2.45) is 0 Å². The molecule has 0 amide bonds. The molecular formula is C18H30O3. The fraction of sp³-hybridized carbons (Fsp3) is 0.667. The van der Waals surface area contributed by atoms with E-state index in [1.165, 1.54) is 11.1 Å². The number of hydrogen-bond acceptors (Lipinski definition) is 3. The maximum atomic E-state index is 8.88. The molecule has 1 aromatic carbocycles. The fourth-order valence-electron chi connectivity index (χ4n) is 2.27. The standard InChI is InChI=1S/C18H30O3/c1-17(2,3)14-10-13(12-21-9-8-19)16(20-7)15(11-14)18(4,5)6/h10-11,19H,8-9,12H2,1-7H3. The SMILES string of the molecule is COc1c(COCCO)cc(C(C)(C)C)cc1C(C)(C)C. The predicted octanol–water partition coefficient (Wildman–Crippen LogP) is 3.80. The van der Waals surface area contributed by atoms with Crippen molar-refractivity contribution in [1.29, 1.82) is 0 Å². The number of aliphatic hydroxyl groups is 1. The summed E-state index contributed by atoms with van der Waals surface area (Å²) in [7, 11) is 1.71. The molecule has 1 aromatic rings. The van der Waals surface area contributed by atoms with Crippen LogP contribution in [0.2, 0.25) is 0 Å². The minimum absolute atomic E-state index is 0.00165. The molecule has 3 heteroatoms. The van der Waals surface area contributed by atoms with Crippen molar-refractivity contribution < 1.29 is 14.6 Å². The van der Waals surface area contributed by atoms with E-state index in [1.807, 2.05) is 0 Å². The molecule has 0 atom stereocenters. The summed E-state index contributed by atoms with van der Waals surface area (Å²) in [6, 6.07) is 4.40. The van der Waals surface area contributed by atoms with Crippen molar-refractivity contribution in [3.63, 3.8) is 0 Å². The van der Waals surface area contributed by atoms with Crippen LogP contribution in [0.4, 0.5) is 0 Å². The molecule has 120 valence electrons. The summed E-state index contributed by atoms with van der Waals surface area (Å²) in [6.45, 7) is 14.0. The van der Waals surface area contributed by atoms with Gasteiger partial charge in [0.2, 0.25) is 0 Å². The van der Waals surface area contributed by atoms with Crippen molar-refractivity contribution in [1.82, 2.24) is 0 Å². The number of rotatable bonds is 5. The Bertz CT molecular complexity index is 465. The molecule has 0 radical (unpaired) electrons. The van der Waals surface area contributed by atoms with Crippen molar-refractivity contribution in [3.05, 3.63) is 28.8 Å². The molecule has 21 heavy (non-hydrogen) atoms. The maximum Gasteiger partial charge on any atom is 0.128 e. The highest BCUT2D eigenvalue weighted by Crippen LogP contribution is 2.38. The van der Waals surface area contributed by atoms with Crippen LogP contribution < -0.4 is 4.74 Å². The molecular weight excluding hydrogens is 264 g/mol. The fourth-order valence-corrected chi connectivity index (χ4v) is 2.27. The predicted molar refractivity (Wildman–Crippen MR) is 87.1 cm³/mol. The Morgan fingerprint density at radius 3 is 2.05 bits per heavy atom. The summed E-state index contributed by atoms with van der Waals surface area (Å²) in [4.78, 5) is 0. The largest absolute Gasteiger partial charge is 0.496 e. The molecule has 0 unspecified atom stereocenters. The molecule has 0 saturated carbocycles. The first kappa shape index (κ1) is 18.0. The number of methoxy groups -OCH3 is 1. The van der Waals surface area contributed by atoms with Gasteiger partial charge in [-0.25, -0.2) is 0 Å². The Balaban J connectivity index is 3.38. The molecule has 0 saturated heterocycles. The lowest BCUT2D eigenvalue weighted by atomic mass is 9.79. The van der Waals surface area contributed by atoms with Crippen molar-refractivity contribution in [3.8, 4) is 5.75 Å². The molecule has 0 spiro atoms. The van der Waals surface area contributed by atoms with Crippen LogP contribution in [0, 0.1) is 0 Å². The first-order chi connectivity index (χ1) is 9.61. The van der Waals surface area contributed by atoms with E-state index in [2.05, 4.69) is 53.7 Å². The first-order valence-electron chi connectivity index (χ1n) is 7.51. The second kappa shape index (κ2) is 6.80. The van der Waals surface area contributed by atoms with Crippen LogP contribution in [-0.4, -0.2) is 25.4 Å². The lowest BCUT2D eigenvalue weighted by molar-refractivity contribution is 0.0801. The van der Waals surface area contributed by atoms with Gasteiger partial charge in [0.15, 0.2) is 0 Å². The van der Waals surface area contributed by atoms with E-state index in [1.54, 1.807) is 7.11 Å². The van der Waals surface area contributed by atoms with Crippen LogP contribution in [0.15, 0.2) is 12.1 Å². The number of ether oxygens (including phenoxy) is 2. The van der Waals surface area contributed by atoms with Crippen molar-refractivity contribution in [2.75, 3.05) is 20.3 Å². The minimum Gasteiger partial charge on any atom is -0.496 e. The summed E-state index contributed by atoms with van der Waals surface area (Å²) in [5.74, 6) is 0.897. The average molecular weight is 294 g/mol. The normalized spacial score (nSPS) is 12.6. The summed E-state index contributed by atoms with van der Waals surface area (Å²) < 4.78 is 11.2. The van der Waals surface area contributed by atoms with Gasteiger partial charge in [0.1, 0.15) is 5.75 Å². The molecule has 0 heterocycles. The van der Waals surface area contributed by atoms with Crippen LogP contribution in [0.5, 0.6) is 5.75 Å². The summed E-state index contributed by atoms with van der Waals surface area (Å²) in [5.41, 5.74) is 3.58.